The maximum absolute atomic E-state index is 2.34. The standard InChI is InChI=1S/C40H26/c1-2-13-28(14-3-1)39-34-18-8-10-20-36(34)40(37-21-11-9-19-35(37)39)38-25-24-31(32-16-6-7-17-33(32)38)30-23-22-27-12-4-5-15-29(27)26-30/h1-26H. The molecule has 0 atom stereocenters. The first-order valence-corrected chi connectivity index (χ1v) is 13.9. The van der Waals surface area contributed by atoms with Gasteiger partial charge in [-0.25, -0.2) is 0 Å². The monoisotopic (exact) mass is 506 g/mol. The Balaban J connectivity index is 1.46. The van der Waals surface area contributed by atoms with E-state index in [4.69, 9.17) is 0 Å². The van der Waals surface area contributed by atoms with E-state index in [0.29, 0.717) is 0 Å². The molecule has 0 fully saturated rings. The molecule has 0 saturated heterocycles. The van der Waals surface area contributed by atoms with E-state index in [0.717, 1.165) is 0 Å². The van der Waals surface area contributed by atoms with Crippen molar-refractivity contribution in [3.8, 4) is 33.4 Å². The summed E-state index contributed by atoms with van der Waals surface area (Å²) in [4.78, 5) is 0. The number of hydrogen-bond acceptors (Lipinski definition) is 0. The summed E-state index contributed by atoms with van der Waals surface area (Å²) < 4.78 is 0. The van der Waals surface area contributed by atoms with Gasteiger partial charge in [0.05, 0.1) is 0 Å². The molecule has 8 aromatic carbocycles. The van der Waals surface area contributed by atoms with Crippen molar-refractivity contribution in [2.75, 3.05) is 0 Å². The number of rotatable bonds is 3. The highest BCUT2D eigenvalue weighted by molar-refractivity contribution is 6.24. The molecule has 186 valence electrons. The van der Waals surface area contributed by atoms with Crippen LogP contribution >= 0.6 is 0 Å². The van der Waals surface area contributed by atoms with Gasteiger partial charge in [-0.05, 0) is 82.5 Å². The quantitative estimate of drug-likeness (QED) is 0.209. The third-order valence-corrected chi connectivity index (χ3v) is 8.25. The van der Waals surface area contributed by atoms with Crippen LogP contribution in [0, 0.1) is 0 Å². The Morgan fingerprint density at radius 3 is 1.38 bits per heavy atom. The van der Waals surface area contributed by atoms with Crippen LogP contribution < -0.4 is 0 Å². The molecule has 40 heavy (non-hydrogen) atoms. The summed E-state index contributed by atoms with van der Waals surface area (Å²) in [6.07, 6.45) is 0. The highest BCUT2D eigenvalue weighted by atomic mass is 14.2. The molecule has 0 heteroatoms. The zero-order valence-electron chi connectivity index (χ0n) is 22.0. The molecule has 0 aromatic heterocycles. The minimum Gasteiger partial charge on any atom is -0.0622 e. The third-order valence-electron chi connectivity index (χ3n) is 8.25. The highest BCUT2D eigenvalue weighted by Gasteiger charge is 2.18. The molecular weight excluding hydrogens is 480 g/mol. The van der Waals surface area contributed by atoms with Crippen molar-refractivity contribution in [2.24, 2.45) is 0 Å². The first-order valence-electron chi connectivity index (χ1n) is 13.9. The fourth-order valence-electron chi connectivity index (χ4n) is 6.46. The minimum atomic E-state index is 1.25. The Labute approximate surface area is 233 Å². The average molecular weight is 507 g/mol. The van der Waals surface area contributed by atoms with E-state index >= 15 is 0 Å². The molecule has 0 unspecified atom stereocenters. The summed E-state index contributed by atoms with van der Waals surface area (Å²) in [5, 5.41) is 10.2. The smallest absolute Gasteiger partial charge is 0.00201 e. The van der Waals surface area contributed by atoms with Crippen molar-refractivity contribution < 1.29 is 0 Å². The van der Waals surface area contributed by atoms with E-state index in [9.17, 15) is 0 Å². The van der Waals surface area contributed by atoms with Crippen LogP contribution in [0.3, 0.4) is 0 Å². The molecule has 0 heterocycles. The number of fused-ring (bicyclic) bond motifs is 4. The largest absolute Gasteiger partial charge is 0.0622 e. The van der Waals surface area contributed by atoms with Crippen molar-refractivity contribution in [2.45, 2.75) is 0 Å². The first kappa shape index (κ1) is 22.8. The second kappa shape index (κ2) is 9.22. The molecule has 0 N–H and O–H groups in total. The van der Waals surface area contributed by atoms with E-state index in [2.05, 4.69) is 158 Å². The topological polar surface area (TPSA) is 0 Å². The molecule has 0 aliphatic rings. The predicted molar refractivity (Wildman–Crippen MR) is 173 cm³/mol. The van der Waals surface area contributed by atoms with Gasteiger partial charge in [0.2, 0.25) is 0 Å². The highest BCUT2D eigenvalue weighted by Crippen LogP contribution is 2.46. The maximum atomic E-state index is 2.34. The summed E-state index contributed by atoms with van der Waals surface area (Å²) in [6.45, 7) is 0. The second-order valence-corrected chi connectivity index (χ2v) is 10.5. The van der Waals surface area contributed by atoms with Crippen LogP contribution in [-0.2, 0) is 0 Å². The Morgan fingerprint density at radius 1 is 0.250 bits per heavy atom. The zero-order chi connectivity index (χ0) is 26.5. The van der Waals surface area contributed by atoms with Crippen molar-refractivity contribution in [1.29, 1.82) is 0 Å². The van der Waals surface area contributed by atoms with E-state index in [1.165, 1.54) is 76.5 Å². The molecule has 0 radical (unpaired) electrons. The molecule has 0 aliphatic carbocycles. The normalized spacial score (nSPS) is 11.5. The van der Waals surface area contributed by atoms with Gasteiger partial charge >= 0.3 is 0 Å². The molecule has 0 amide bonds. The molecule has 8 aromatic rings. The van der Waals surface area contributed by atoms with Crippen molar-refractivity contribution in [1.82, 2.24) is 0 Å². The predicted octanol–water partition coefficient (Wildman–Crippen LogP) is 11.3. The van der Waals surface area contributed by atoms with Gasteiger partial charge in [0, 0.05) is 0 Å². The molecule has 8 rings (SSSR count). The number of hydrogen-bond donors (Lipinski definition) is 0. The van der Waals surface area contributed by atoms with E-state index < -0.39 is 0 Å². The van der Waals surface area contributed by atoms with Crippen LogP contribution in [0.1, 0.15) is 0 Å². The first-order chi connectivity index (χ1) is 19.9. The van der Waals surface area contributed by atoms with Gasteiger partial charge in [-0.3, -0.25) is 0 Å². The Bertz CT molecular complexity index is 2150. The third kappa shape index (κ3) is 3.54. The fraction of sp³-hybridized carbons (Fsp3) is 0. The Morgan fingerprint density at radius 2 is 0.725 bits per heavy atom. The summed E-state index contributed by atoms with van der Waals surface area (Å²) in [5.74, 6) is 0. The van der Waals surface area contributed by atoms with Crippen LogP contribution in [0.25, 0.3) is 76.5 Å². The van der Waals surface area contributed by atoms with Gasteiger partial charge in [0.25, 0.3) is 0 Å². The zero-order valence-corrected chi connectivity index (χ0v) is 22.0. The lowest BCUT2D eigenvalue weighted by atomic mass is 9.84. The van der Waals surface area contributed by atoms with Crippen LogP contribution in [0.4, 0.5) is 0 Å². The molecular formula is C40H26. The van der Waals surface area contributed by atoms with Gasteiger partial charge in [-0.1, -0.05) is 152 Å². The molecule has 0 spiro atoms. The van der Waals surface area contributed by atoms with Gasteiger partial charge in [0.15, 0.2) is 0 Å². The summed E-state index contributed by atoms with van der Waals surface area (Å²) >= 11 is 0. The Kier molecular flexibility index (Phi) is 5.24. The molecule has 0 nitrogen and oxygen atoms in total. The van der Waals surface area contributed by atoms with Crippen LogP contribution in [0.5, 0.6) is 0 Å². The number of benzene rings is 8. The lowest BCUT2D eigenvalue weighted by Crippen LogP contribution is -1.92. The summed E-state index contributed by atoms with van der Waals surface area (Å²) in [5.41, 5.74) is 7.63. The van der Waals surface area contributed by atoms with Crippen LogP contribution in [0.2, 0.25) is 0 Å². The SMILES string of the molecule is c1ccc(-c2c3ccccc3c(-c3ccc(-c4ccc5ccccc5c4)c4ccccc34)c3ccccc23)cc1. The lowest BCUT2D eigenvalue weighted by Gasteiger charge is -2.19. The van der Waals surface area contributed by atoms with Gasteiger partial charge in [-0.15, -0.1) is 0 Å². The maximum Gasteiger partial charge on any atom is -0.00201 e. The molecule has 0 aliphatic heterocycles. The summed E-state index contributed by atoms with van der Waals surface area (Å²) in [7, 11) is 0. The lowest BCUT2D eigenvalue weighted by molar-refractivity contribution is 1.65. The Hall–Kier alpha value is -5.20. The van der Waals surface area contributed by atoms with Crippen molar-refractivity contribution >= 4 is 43.1 Å². The van der Waals surface area contributed by atoms with E-state index in [-0.39, 0.29) is 0 Å². The van der Waals surface area contributed by atoms with Gasteiger partial charge < -0.3 is 0 Å². The molecule has 0 bridgehead atoms. The van der Waals surface area contributed by atoms with E-state index in [1.807, 2.05) is 0 Å². The van der Waals surface area contributed by atoms with Gasteiger partial charge in [0.1, 0.15) is 0 Å². The van der Waals surface area contributed by atoms with Crippen molar-refractivity contribution in [3.63, 3.8) is 0 Å². The van der Waals surface area contributed by atoms with Crippen molar-refractivity contribution in [3.05, 3.63) is 158 Å². The van der Waals surface area contributed by atoms with Gasteiger partial charge in [-0.2, -0.15) is 0 Å². The second-order valence-electron chi connectivity index (χ2n) is 10.5. The average Bonchev–Trinajstić information content (AvgIpc) is 3.03. The summed E-state index contributed by atoms with van der Waals surface area (Å²) in [6, 6.07) is 57.5. The van der Waals surface area contributed by atoms with Crippen LogP contribution in [0.15, 0.2) is 158 Å². The van der Waals surface area contributed by atoms with Crippen LogP contribution in [-0.4, -0.2) is 0 Å². The fourth-order valence-corrected chi connectivity index (χ4v) is 6.46. The van der Waals surface area contributed by atoms with E-state index in [1.54, 1.807) is 0 Å². The molecule has 0 saturated carbocycles. The minimum absolute atomic E-state index is 1.25.